The summed E-state index contributed by atoms with van der Waals surface area (Å²) >= 11 is 0. The van der Waals surface area contributed by atoms with E-state index >= 15 is 0 Å². The van der Waals surface area contributed by atoms with E-state index in [4.69, 9.17) is 5.10 Å². The SMILES string of the molecule is CC(NC(=O)c1cn(-c2ccccc2)nc1-c1cccnc1)c1cccc2ccccc12. The number of amides is 1. The lowest BCUT2D eigenvalue weighted by Crippen LogP contribution is -2.27. The molecule has 32 heavy (non-hydrogen) atoms. The van der Waals surface area contributed by atoms with Crippen LogP contribution in [-0.4, -0.2) is 20.7 Å². The maximum absolute atomic E-state index is 13.4. The lowest BCUT2D eigenvalue weighted by molar-refractivity contribution is 0.0941. The second-order valence-corrected chi connectivity index (χ2v) is 7.68. The fourth-order valence-electron chi connectivity index (χ4n) is 3.95. The van der Waals surface area contributed by atoms with E-state index in [2.05, 4.69) is 34.6 Å². The molecule has 5 nitrogen and oxygen atoms in total. The molecule has 1 unspecified atom stereocenters. The first-order valence-electron chi connectivity index (χ1n) is 10.5. The maximum atomic E-state index is 13.4. The average molecular weight is 419 g/mol. The molecule has 5 aromatic rings. The Hall–Kier alpha value is -4.25. The van der Waals surface area contributed by atoms with Crippen LogP contribution >= 0.6 is 0 Å². The molecule has 5 rings (SSSR count). The largest absolute Gasteiger partial charge is 0.345 e. The third-order valence-electron chi connectivity index (χ3n) is 5.55. The van der Waals surface area contributed by atoms with Gasteiger partial charge in [-0.2, -0.15) is 5.10 Å². The number of aromatic nitrogens is 3. The van der Waals surface area contributed by atoms with Gasteiger partial charge in [-0.3, -0.25) is 9.78 Å². The Morgan fingerprint density at radius 3 is 2.50 bits per heavy atom. The summed E-state index contributed by atoms with van der Waals surface area (Å²) in [5.41, 5.74) is 3.87. The third-order valence-corrected chi connectivity index (χ3v) is 5.55. The highest BCUT2D eigenvalue weighted by Gasteiger charge is 2.21. The second-order valence-electron chi connectivity index (χ2n) is 7.68. The fourth-order valence-corrected chi connectivity index (χ4v) is 3.95. The van der Waals surface area contributed by atoms with E-state index in [-0.39, 0.29) is 11.9 Å². The van der Waals surface area contributed by atoms with Gasteiger partial charge >= 0.3 is 0 Å². The minimum atomic E-state index is -0.175. The molecular formula is C27H22N4O. The van der Waals surface area contributed by atoms with Crippen molar-refractivity contribution in [3.63, 3.8) is 0 Å². The van der Waals surface area contributed by atoms with Crippen LogP contribution in [0, 0.1) is 0 Å². The Kier molecular flexibility index (Phi) is 5.22. The van der Waals surface area contributed by atoms with Crippen molar-refractivity contribution in [2.75, 3.05) is 0 Å². The van der Waals surface area contributed by atoms with Gasteiger partial charge in [-0.25, -0.2) is 4.68 Å². The van der Waals surface area contributed by atoms with Gasteiger partial charge in [0.1, 0.15) is 5.69 Å². The molecule has 1 amide bonds. The third kappa shape index (κ3) is 3.76. The summed E-state index contributed by atoms with van der Waals surface area (Å²) in [5, 5.41) is 10.2. The van der Waals surface area contributed by atoms with Crippen molar-refractivity contribution >= 4 is 16.7 Å². The van der Waals surface area contributed by atoms with E-state index in [0.29, 0.717) is 11.3 Å². The first kappa shape index (κ1) is 19.7. The molecule has 1 N–H and O–H groups in total. The average Bonchev–Trinajstić information content (AvgIpc) is 3.30. The fraction of sp³-hybridized carbons (Fsp3) is 0.0741. The summed E-state index contributed by atoms with van der Waals surface area (Å²) in [7, 11) is 0. The van der Waals surface area contributed by atoms with Crippen LogP contribution in [0.1, 0.15) is 28.9 Å². The van der Waals surface area contributed by atoms with E-state index in [1.165, 1.54) is 0 Å². The van der Waals surface area contributed by atoms with Crippen molar-refractivity contribution < 1.29 is 4.79 Å². The second kappa shape index (κ2) is 8.47. The van der Waals surface area contributed by atoms with Crippen LogP contribution in [0.3, 0.4) is 0 Å². The summed E-state index contributed by atoms with van der Waals surface area (Å²) in [5.74, 6) is -0.175. The monoisotopic (exact) mass is 418 g/mol. The predicted molar refractivity (Wildman–Crippen MR) is 127 cm³/mol. The summed E-state index contributed by atoms with van der Waals surface area (Å²) in [6.07, 6.45) is 5.21. The van der Waals surface area contributed by atoms with E-state index < -0.39 is 0 Å². The predicted octanol–water partition coefficient (Wildman–Crippen LogP) is 5.58. The minimum absolute atomic E-state index is 0.171. The molecule has 0 aliphatic heterocycles. The number of fused-ring (bicyclic) bond motifs is 1. The molecule has 0 bridgehead atoms. The quantitative estimate of drug-likeness (QED) is 0.405. The summed E-state index contributed by atoms with van der Waals surface area (Å²) < 4.78 is 1.74. The number of pyridine rings is 1. The smallest absolute Gasteiger partial charge is 0.255 e. The number of nitrogens with zero attached hydrogens (tertiary/aromatic N) is 3. The Bertz CT molecular complexity index is 1370. The molecule has 0 saturated carbocycles. The Morgan fingerprint density at radius 2 is 1.69 bits per heavy atom. The van der Waals surface area contributed by atoms with E-state index in [0.717, 1.165) is 27.6 Å². The zero-order chi connectivity index (χ0) is 21.9. The molecule has 0 spiro atoms. The van der Waals surface area contributed by atoms with E-state index in [1.807, 2.05) is 67.6 Å². The number of carbonyl (C=O) groups is 1. The highest BCUT2D eigenvalue weighted by Crippen LogP contribution is 2.26. The van der Waals surface area contributed by atoms with Gasteiger partial charge in [-0.05, 0) is 47.5 Å². The molecule has 0 radical (unpaired) electrons. The molecule has 2 aromatic heterocycles. The Balaban J connectivity index is 1.52. The molecule has 156 valence electrons. The van der Waals surface area contributed by atoms with Gasteiger partial charge in [0, 0.05) is 24.2 Å². The van der Waals surface area contributed by atoms with Crippen molar-refractivity contribution in [3.05, 3.63) is 115 Å². The van der Waals surface area contributed by atoms with Crippen LogP contribution in [0.15, 0.2) is 104 Å². The number of para-hydroxylation sites is 1. The van der Waals surface area contributed by atoms with Crippen LogP contribution in [0.2, 0.25) is 0 Å². The van der Waals surface area contributed by atoms with Crippen molar-refractivity contribution in [3.8, 4) is 16.9 Å². The first-order valence-corrected chi connectivity index (χ1v) is 10.5. The van der Waals surface area contributed by atoms with Gasteiger partial charge in [0.05, 0.1) is 17.3 Å². The van der Waals surface area contributed by atoms with Crippen molar-refractivity contribution in [1.29, 1.82) is 0 Å². The molecule has 5 heteroatoms. The van der Waals surface area contributed by atoms with Crippen LogP contribution in [-0.2, 0) is 0 Å². The minimum Gasteiger partial charge on any atom is -0.345 e. The molecular weight excluding hydrogens is 396 g/mol. The van der Waals surface area contributed by atoms with Gasteiger partial charge in [0.2, 0.25) is 0 Å². The van der Waals surface area contributed by atoms with E-state index in [1.54, 1.807) is 23.3 Å². The van der Waals surface area contributed by atoms with Crippen molar-refractivity contribution in [2.24, 2.45) is 0 Å². The molecule has 2 heterocycles. The van der Waals surface area contributed by atoms with Crippen LogP contribution in [0.4, 0.5) is 0 Å². The highest BCUT2D eigenvalue weighted by molar-refractivity contribution is 6.00. The molecule has 0 saturated heterocycles. The molecule has 1 atom stereocenters. The van der Waals surface area contributed by atoms with Gasteiger partial charge in [-0.1, -0.05) is 60.7 Å². The first-order chi connectivity index (χ1) is 15.7. The van der Waals surface area contributed by atoms with Crippen LogP contribution in [0.5, 0.6) is 0 Å². The number of carbonyl (C=O) groups excluding carboxylic acids is 1. The molecule has 0 fully saturated rings. The number of nitrogens with one attached hydrogen (secondary N) is 1. The van der Waals surface area contributed by atoms with Crippen LogP contribution < -0.4 is 5.32 Å². The summed E-state index contributed by atoms with van der Waals surface area (Å²) in [6, 6.07) is 27.7. The normalized spacial score (nSPS) is 11.9. The highest BCUT2D eigenvalue weighted by atomic mass is 16.1. The standard InChI is InChI=1S/C27H22N4O/c1-19(23-15-7-10-20-9-5-6-14-24(20)23)29-27(32)25-18-31(22-12-3-2-4-13-22)30-26(25)21-11-8-16-28-17-21/h2-19H,1H3,(H,29,32). The summed E-state index contributed by atoms with van der Waals surface area (Å²) in [6.45, 7) is 2.00. The van der Waals surface area contributed by atoms with Gasteiger partial charge in [-0.15, -0.1) is 0 Å². The van der Waals surface area contributed by atoms with Crippen LogP contribution in [0.25, 0.3) is 27.7 Å². The molecule has 0 aliphatic rings. The van der Waals surface area contributed by atoms with Crippen molar-refractivity contribution in [1.82, 2.24) is 20.1 Å². The van der Waals surface area contributed by atoms with E-state index in [9.17, 15) is 4.79 Å². The zero-order valence-electron chi connectivity index (χ0n) is 17.6. The molecule has 0 aliphatic carbocycles. The topological polar surface area (TPSA) is 59.8 Å². The van der Waals surface area contributed by atoms with Gasteiger partial charge < -0.3 is 5.32 Å². The lowest BCUT2D eigenvalue weighted by atomic mass is 9.99. The number of benzene rings is 3. The zero-order valence-corrected chi connectivity index (χ0v) is 17.6. The maximum Gasteiger partial charge on any atom is 0.255 e. The summed E-state index contributed by atoms with van der Waals surface area (Å²) in [4.78, 5) is 17.6. The van der Waals surface area contributed by atoms with Gasteiger partial charge in [0.25, 0.3) is 5.91 Å². The molecule has 3 aromatic carbocycles. The number of hydrogen-bond acceptors (Lipinski definition) is 3. The van der Waals surface area contributed by atoms with Crippen molar-refractivity contribution in [2.45, 2.75) is 13.0 Å². The van der Waals surface area contributed by atoms with Gasteiger partial charge in [0.15, 0.2) is 0 Å². The Morgan fingerprint density at radius 1 is 0.906 bits per heavy atom. The number of rotatable bonds is 5. The Labute approximate surface area is 186 Å². The number of hydrogen-bond donors (Lipinski definition) is 1. The lowest BCUT2D eigenvalue weighted by Gasteiger charge is -2.16.